The van der Waals surface area contributed by atoms with Crippen LogP contribution in [0.25, 0.3) is 0 Å². The summed E-state index contributed by atoms with van der Waals surface area (Å²) in [6, 6.07) is 9.86. The first-order valence-electron chi connectivity index (χ1n) is 7.48. The van der Waals surface area contributed by atoms with E-state index >= 15 is 0 Å². The summed E-state index contributed by atoms with van der Waals surface area (Å²) in [7, 11) is 0. The lowest BCUT2D eigenvalue weighted by molar-refractivity contribution is -0.150. The van der Waals surface area contributed by atoms with Crippen molar-refractivity contribution in [2.24, 2.45) is 5.92 Å². The van der Waals surface area contributed by atoms with Gasteiger partial charge in [0.2, 0.25) is 0 Å². The molecule has 0 N–H and O–H groups in total. The Hall–Kier alpha value is -1.31. The van der Waals surface area contributed by atoms with E-state index in [1.54, 1.807) is 0 Å². The molecule has 0 fully saturated rings. The maximum Gasteiger partial charge on any atom is 0.309 e. The molecule has 0 heterocycles. The molecule has 0 aliphatic heterocycles. The van der Waals surface area contributed by atoms with E-state index in [-0.39, 0.29) is 11.9 Å². The van der Waals surface area contributed by atoms with Crippen LogP contribution in [0.2, 0.25) is 0 Å². The molecule has 0 saturated carbocycles. The summed E-state index contributed by atoms with van der Waals surface area (Å²) in [4.78, 5) is 12.0. The predicted octanol–water partition coefficient (Wildman–Crippen LogP) is 4.73. The zero-order chi connectivity index (χ0) is 13.9. The Labute approximate surface area is 117 Å². The van der Waals surface area contributed by atoms with Crippen molar-refractivity contribution in [3.05, 3.63) is 35.9 Å². The Kier molecular flexibility index (Phi) is 7.95. The van der Waals surface area contributed by atoms with Gasteiger partial charge in [-0.15, -0.1) is 0 Å². The molecule has 0 saturated heterocycles. The van der Waals surface area contributed by atoms with Crippen molar-refractivity contribution < 1.29 is 9.53 Å². The molecule has 1 atom stereocenters. The van der Waals surface area contributed by atoms with Crippen molar-refractivity contribution in [3.63, 3.8) is 0 Å². The molecular weight excluding hydrogens is 236 g/mol. The number of rotatable bonds is 9. The molecule has 19 heavy (non-hydrogen) atoms. The van der Waals surface area contributed by atoms with Gasteiger partial charge < -0.3 is 4.74 Å². The first-order chi connectivity index (χ1) is 9.27. The lowest BCUT2D eigenvalue weighted by Crippen LogP contribution is -2.17. The number of carbonyl (C=O) groups is 1. The van der Waals surface area contributed by atoms with Gasteiger partial charge in [0.1, 0.15) is 6.61 Å². The number of hydrogen-bond acceptors (Lipinski definition) is 2. The van der Waals surface area contributed by atoms with E-state index in [4.69, 9.17) is 4.74 Å². The molecule has 1 rings (SSSR count). The SMILES string of the molecule is CCCCCCC(CC)C(=O)OCc1ccccc1. The van der Waals surface area contributed by atoms with Crippen LogP contribution in [0.3, 0.4) is 0 Å². The van der Waals surface area contributed by atoms with Crippen molar-refractivity contribution in [2.45, 2.75) is 59.0 Å². The molecular formula is C17H26O2. The summed E-state index contributed by atoms with van der Waals surface area (Å²) in [5.74, 6) is 0.0309. The van der Waals surface area contributed by atoms with Crippen LogP contribution in [0.4, 0.5) is 0 Å². The van der Waals surface area contributed by atoms with Gasteiger partial charge >= 0.3 is 5.97 Å². The third kappa shape index (κ3) is 6.42. The van der Waals surface area contributed by atoms with Crippen LogP contribution >= 0.6 is 0 Å². The third-order valence-electron chi connectivity index (χ3n) is 3.46. The second kappa shape index (κ2) is 9.60. The molecule has 0 aliphatic rings. The molecule has 0 spiro atoms. The molecule has 0 amide bonds. The summed E-state index contributed by atoms with van der Waals surface area (Å²) in [5, 5.41) is 0. The summed E-state index contributed by atoms with van der Waals surface area (Å²) >= 11 is 0. The van der Waals surface area contributed by atoms with Crippen molar-refractivity contribution >= 4 is 5.97 Å². The molecule has 0 aliphatic carbocycles. The van der Waals surface area contributed by atoms with Crippen LogP contribution in [0.5, 0.6) is 0 Å². The van der Waals surface area contributed by atoms with Crippen LogP contribution in [0.1, 0.15) is 57.9 Å². The maximum atomic E-state index is 12.0. The van der Waals surface area contributed by atoms with Gasteiger partial charge in [-0.05, 0) is 18.4 Å². The average molecular weight is 262 g/mol. The number of benzene rings is 1. The van der Waals surface area contributed by atoms with E-state index in [1.165, 1.54) is 19.3 Å². The number of hydrogen-bond donors (Lipinski definition) is 0. The molecule has 1 aromatic carbocycles. The van der Waals surface area contributed by atoms with Crippen LogP contribution in [-0.2, 0) is 16.1 Å². The van der Waals surface area contributed by atoms with E-state index in [0.29, 0.717) is 6.61 Å². The fourth-order valence-electron chi connectivity index (χ4n) is 2.15. The topological polar surface area (TPSA) is 26.3 Å². The van der Waals surface area contributed by atoms with Gasteiger partial charge in [-0.25, -0.2) is 0 Å². The number of ether oxygens (including phenoxy) is 1. The fraction of sp³-hybridized carbons (Fsp3) is 0.588. The minimum absolute atomic E-state index is 0.0390. The minimum Gasteiger partial charge on any atom is -0.461 e. The first kappa shape index (κ1) is 15.7. The predicted molar refractivity (Wildman–Crippen MR) is 78.8 cm³/mol. The van der Waals surface area contributed by atoms with Crippen LogP contribution < -0.4 is 0 Å². The normalized spacial score (nSPS) is 12.1. The Bertz CT molecular complexity index is 346. The molecule has 0 bridgehead atoms. The van der Waals surface area contributed by atoms with E-state index in [9.17, 15) is 4.79 Å². The monoisotopic (exact) mass is 262 g/mol. The Morgan fingerprint density at radius 3 is 2.47 bits per heavy atom. The second-order valence-electron chi connectivity index (χ2n) is 5.05. The highest BCUT2D eigenvalue weighted by atomic mass is 16.5. The quantitative estimate of drug-likeness (QED) is 0.475. The molecule has 2 heteroatoms. The lowest BCUT2D eigenvalue weighted by Gasteiger charge is -2.14. The zero-order valence-corrected chi connectivity index (χ0v) is 12.2. The smallest absolute Gasteiger partial charge is 0.309 e. The maximum absolute atomic E-state index is 12.0. The molecule has 1 aromatic rings. The van der Waals surface area contributed by atoms with E-state index < -0.39 is 0 Å². The van der Waals surface area contributed by atoms with Crippen LogP contribution in [0.15, 0.2) is 30.3 Å². The van der Waals surface area contributed by atoms with E-state index in [0.717, 1.165) is 24.8 Å². The van der Waals surface area contributed by atoms with E-state index in [2.05, 4.69) is 13.8 Å². The largest absolute Gasteiger partial charge is 0.461 e. The third-order valence-corrected chi connectivity index (χ3v) is 3.46. The summed E-state index contributed by atoms with van der Waals surface area (Å²) in [6.07, 6.45) is 6.68. The van der Waals surface area contributed by atoms with Crippen LogP contribution in [-0.4, -0.2) is 5.97 Å². The Balaban J connectivity index is 2.29. The number of unbranched alkanes of at least 4 members (excludes halogenated alkanes) is 3. The minimum atomic E-state index is -0.0390. The van der Waals surface area contributed by atoms with Gasteiger partial charge in [0.15, 0.2) is 0 Å². The highest BCUT2D eigenvalue weighted by Gasteiger charge is 2.17. The Morgan fingerprint density at radius 1 is 1.11 bits per heavy atom. The van der Waals surface area contributed by atoms with Crippen molar-refractivity contribution in [1.82, 2.24) is 0 Å². The Morgan fingerprint density at radius 2 is 1.84 bits per heavy atom. The number of esters is 1. The van der Waals surface area contributed by atoms with Crippen LogP contribution in [0, 0.1) is 5.92 Å². The first-order valence-corrected chi connectivity index (χ1v) is 7.48. The molecule has 106 valence electrons. The molecule has 1 unspecified atom stereocenters. The molecule has 2 nitrogen and oxygen atoms in total. The van der Waals surface area contributed by atoms with Gasteiger partial charge in [-0.3, -0.25) is 4.79 Å². The average Bonchev–Trinajstić information content (AvgIpc) is 2.46. The standard InChI is InChI=1S/C17H26O2/c1-3-5-6-10-13-16(4-2)17(18)19-14-15-11-8-7-9-12-15/h7-9,11-12,16H,3-6,10,13-14H2,1-2H3. The highest BCUT2D eigenvalue weighted by Crippen LogP contribution is 2.16. The summed E-state index contributed by atoms with van der Waals surface area (Å²) in [5.41, 5.74) is 1.05. The number of carbonyl (C=O) groups excluding carboxylic acids is 1. The van der Waals surface area contributed by atoms with Crippen molar-refractivity contribution in [3.8, 4) is 0 Å². The van der Waals surface area contributed by atoms with Gasteiger partial charge in [-0.2, -0.15) is 0 Å². The van der Waals surface area contributed by atoms with E-state index in [1.807, 2.05) is 30.3 Å². The fourth-order valence-corrected chi connectivity index (χ4v) is 2.15. The zero-order valence-electron chi connectivity index (χ0n) is 12.2. The van der Waals surface area contributed by atoms with Gasteiger partial charge in [0.05, 0.1) is 5.92 Å². The summed E-state index contributed by atoms with van der Waals surface area (Å²) < 4.78 is 5.40. The van der Waals surface area contributed by atoms with Gasteiger partial charge in [0, 0.05) is 0 Å². The van der Waals surface area contributed by atoms with Crippen molar-refractivity contribution in [1.29, 1.82) is 0 Å². The highest BCUT2D eigenvalue weighted by molar-refractivity contribution is 5.72. The van der Waals surface area contributed by atoms with Gasteiger partial charge in [0.25, 0.3) is 0 Å². The molecule has 0 aromatic heterocycles. The second-order valence-corrected chi connectivity index (χ2v) is 5.05. The van der Waals surface area contributed by atoms with Gasteiger partial charge in [-0.1, -0.05) is 69.9 Å². The summed E-state index contributed by atoms with van der Waals surface area (Å²) in [6.45, 7) is 4.66. The molecule has 0 radical (unpaired) electrons. The van der Waals surface area contributed by atoms with Crippen molar-refractivity contribution in [2.75, 3.05) is 0 Å². The lowest BCUT2D eigenvalue weighted by atomic mass is 9.98.